The normalized spacial score (nSPS) is 11.1. The molecule has 27 heavy (non-hydrogen) atoms. The van der Waals surface area contributed by atoms with Crippen molar-refractivity contribution < 1.29 is 14.2 Å². The van der Waals surface area contributed by atoms with E-state index in [-0.39, 0.29) is 0 Å². The van der Waals surface area contributed by atoms with E-state index in [2.05, 4.69) is 57.0 Å². The maximum Gasteiger partial charge on any atom is 0.0716 e. The summed E-state index contributed by atoms with van der Waals surface area (Å²) in [5.74, 6) is 0. The van der Waals surface area contributed by atoms with E-state index in [1.807, 2.05) is 0 Å². The van der Waals surface area contributed by atoms with E-state index in [1.54, 1.807) is 21.3 Å². The van der Waals surface area contributed by atoms with Crippen LogP contribution in [0.15, 0.2) is 24.3 Å². The minimum Gasteiger partial charge on any atom is -0.380 e. The fourth-order valence-electron chi connectivity index (χ4n) is 3.64. The number of anilines is 2. The van der Waals surface area contributed by atoms with E-state index < -0.39 is 0 Å². The van der Waals surface area contributed by atoms with E-state index in [9.17, 15) is 0 Å². The van der Waals surface area contributed by atoms with Crippen LogP contribution in [-0.4, -0.2) is 28.4 Å². The molecule has 0 aliphatic carbocycles. The number of ether oxygens (including phenoxy) is 3. The molecular weight excluding hydrogens is 338 g/mol. The van der Waals surface area contributed by atoms with Crippen LogP contribution >= 0.6 is 0 Å². The lowest BCUT2D eigenvalue weighted by atomic mass is 9.98. The van der Waals surface area contributed by atoms with E-state index in [4.69, 9.17) is 14.2 Å². The summed E-state index contributed by atoms with van der Waals surface area (Å²) in [4.78, 5) is 2.28. The van der Waals surface area contributed by atoms with Gasteiger partial charge in [0.15, 0.2) is 0 Å². The lowest BCUT2D eigenvalue weighted by Crippen LogP contribution is -2.15. The molecule has 0 aromatic heterocycles. The minimum absolute atomic E-state index is 0.584. The zero-order valence-corrected chi connectivity index (χ0v) is 17.8. The highest BCUT2D eigenvalue weighted by Crippen LogP contribution is 2.34. The molecule has 0 aliphatic heterocycles. The predicted octanol–water partition coefficient (Wildman–Crippen LogP) is 5.07. The number of methoxy groups -OCH3 is 3. The average Bonchev–Trinajstić information content (AvgIpc) is 2.65. The number of hydrogen-bond acceptors (Lipinski definition) is 4. The molecule has 0 radical (unpaired) electrons. The quantitative estimate of drug-likeness (QED) is 0.615. The van der Waals surface area contributed by atoms with Gasteiger partial charge >= 0.3 is 0 Å². The molecule has 148 valence electrons. The highest BCUT2D eigenvalue weighted by Gasteiger charge is 2.16. The van der Waals surface area contributed by atoms with Crippen molar-refractivity contribution in [3.8, 4) is 0 Å². The molecule has 0 heterocycles. The molecular formula is C23H33NO3. The van der Waals surface area contributed by atoms with Gasteiger partial charge < -0.3 is 19.1 Å². The number of aryl methyl sites for hydroxylation is 1. The summed E-state index contributed by atoms with van der Waals surface area (Å²) in [5, 5.41) is 0. The first-order valence-corrected chi connectivity index (χ1v) is 9.42. The van der Waals surface area contributed by atoms with Gasteiger partial charge in [-0.3, -0.25) is 0 Å². The van der Waals surface area contributed by atoms with Crippen LogP contribution in [0.25, 0.3) is 0 Å². The van der Waals surface area contributed by atoms with Gasteiger partial charge in [-0.15, -0.1) is 0 Å². The average molecular weight is 372 g/mol. The van der Waals surface area contributed by atoms with Gasteiger partial charge in [-0.05, 0) is 65.8 Å². The van der Waals surface area contributed by atoms with Gasteiger partial charge in [0, 0.05) is 39.8 Å². The van der Waals surface area contributed by atoms with E-state index in [0.717, 1.165) is 12.0 Å². The Morgan fingerprint density at radius 2 is 1.15 bits per heavy atom. The molecule has 0 fully saturated rings. The molecule has 0 saturated carbocycles. The summed E-state index contributed by atoms with van der Waals surface area (Å²) >= 11 is 0. The van der Waals surface area contributed by atoms with Crippen LogP contribution in [-0.2, 0) is 40.5 Å². The highest BCUT2D eigenvalue weighted by molar-refractivity contribution is 5.71. The van der Waals surface area contributed by atoms with E-state index in [0.29, 0.717) is 19.8 Å². The van der Waals surface area contributed by atoms with Gasteiger partial charge in [0.05, 0.1) is 19.8 Å². The summed E-state index contributed by atoms with van der Waals surface area (Å²) in [7, 11) is 7.33. The first-order chi connectivity index (χ1) is 13.0. The molecule has 2 aromatic carbocycles. The second-order valence-electron chi connectivity index (χ2n) is 7.01. The Morgan fingerprint density at radius 3 is 1.59 bits per heavy atom. The summed E-state index contributed by atoms with van der Waals surface area (Å²) in [6, 6.07) is 8.87. The largest absolute Gasteiger partial charge is 0.380 e. The Kier molecular flexibility index (Phi) is 7.84. The van der Waals surface area contributed by atoms with Crippen molar-refractivity contribution in [3.05, 3.63) is 57.6 Å². The summed E-state index contributed by atoms with van der Waals surface area (Å²) in [6.07, 6.45) is 1.00. The Labute approximate surface area is 164 Å². The van der Waals surface area contributed by atoms with Gasteiger partial charge in [-0.1, -0.05) is 19.1 Å². The summed E-state index contributed by atoms with van der Waals surface area (Å²) < 4.78 is 16.2. The van der Waals surface area contributed by atoms with Crippen molar-refractivity contribution in [2.75, 3.05) is 33.3 Å². The van der Waals surface area contributed by atoms with Crippen LogP contribution < -0.4 is 4.90 Å². The number of benzene rings is 2. The fourth-order valence-corrected chi connectivity index (χ4v) is 3.64. The maximum atomic E-state index is 5.42. The predicted molar refractivity (Wildman–Crippen MR) is 112 cm³/mol. The monoisotopic (exact) mass is 371 g/mol. The molecule has 0 N–H and O–H groups in total. The minimum atomic E-state index is 0.584. The lowest BCUT2D eigenvalue weighted by molar-refractivity contribution is 0.179. The van der Waals surface area contributed by atoms with Gasteiger partial charge in [-0.2, -0.15) is 0 Å². The molecule has 0 spiro atoms. The zero-order valence-electron chi connectivity index (χ0n) is 17.8. The first kappa shape index (κ1) is 21.4. The Balaban J connectivity index is 2.59. The Hall–Kier alpha value is -1.88. The molecule has 0 saturated heterocycles. The van der Waals surface area contributed by atoms with Crippen molar-refractivity contribution in [1.29, 1.82) is 0 Å². The number of nitrogens with zero attached hydrogens (tertiary/aromatic N) is 1. The smallest absolute Gasteiger partial charge is 0.0716 e. The summed E-state index contributed by atoms with van der Waals surface area (Å²) in [6.45, 7) is 8.35. The molecule has 0 unspecified atom stereocenters. The number of rotatable bonds is 9. The van der Waals surface area contributed by atoms with Gasteiger partial charge in [0.1, 0.15) is 0 Å². The van der Waals surface area contributed by atoms with Crippen molar-refractivity contribution in [1.82, 2.24) is 0 Å². The number of hydrogen-bond donors (Lipinski definition) is 0. The SMILES string of the molecule is CCc1cc(COC)cc(N(C)c2cc(COC)cc(COC)c2C)c1C. The van der Waals surface area contributed by atoms with Gasteiger partial charge in [-0.25, -0.2) is 0 Å². The van der Waals surface area contributed by atoms with Crippen LogP contribution in [0, 0.1) is 13.8 Å². The molecule has 4 heteroatoms. The molecule has 0 aliphatic rings. The highest BCUT2D eigenvalue weighted by atomic mass is 16.5. The third kappa shape index (κ3) is 4.89. The van der Waals surface area contributed by atoms with Gasteiger partial charge in [0.25, 0.3) is 0 Å². The molecule has 0 atom stereocenters. The Bertz CT molecular complexity index is 771. The van der Waals surface area contributed by atoms with Crippen LogP contribution in [0.4, 0.5) is 11.4 Å². The van der Waals surface area contributed by atoms with E-state index >= 15 is 0 Å². The van der Waals surface area contributed by atoms with Crippen LogP contribution in [0.5, 0.6) is 0 Å². The van der Waals surface area contributed by atoms with Crippen LogP contribution in [0.2, 0.25) is 0 Å². The molecule has 4 nitrogen and oxygen atoms in total. The Morgan fingerprint density at radius 1 is 0.704 bits per heavy atom. The maximum absolute atomic E-state index is 5.42. The van der Waals surface area contributed by atoms with Crippen LogP contribution in [0.3, 0.4) is 0 Å². The second-order valence-corrected chi connectivity index (χ2v) is 7.01. The van der Waals surface area contributed by atoms with Crippen molar-refractivity contribution >= 4 is 11.4 Å². The van der Waals surface area contributed by atoms with Crippen molar-refractivity contribution in [2.45, 2.75) is 47.0 Å². The van der Waals surface area contributed by atoms with Gasteiger partial charge in [0.2, 0.25) is 0 Å². The summed E-state index contributed by atoms with van der Waals surface area (Å²) in [5.41, 5.74) is 9.82. The lowest BCUT2D eigenvalue weighted by Gasteiger charge is -2.27. The molecule has 2 rings (SSSR count). The third-order valence-corrected chi connectivity index (χ3v) is 5.12. The standard InChI is InChI=1S/C23H33NO3/c1-8-20-9-18(13-25-5)11-22(16(20)2)24(4)23-12-19(14-26-6)10-21(15-27-7)17(23)3/h9-12H,8,13-15H2,1-7H3. The third-order valence-electron chi connectivity index (χ3n) is 5.12. The fraction of sp³-hybridized carbons (Fsp3) is 0.478. The molecule has 0 amide bonds. The second kappa shape index (κ2) is 9.88. The molecule has 2 aromatic rings. The van der Waals surface area contributed by atoms with Crippen LogP contribution in [0.1, 0.15) is 40.3 Å². The zero-order chi connectivity index (χ0) is 20.0. The van der Waals surface area contributed by atoms with Crippen molar-refractivity contribution in [2.24, 2.45) is 0 Å². The molecule has 0 bridgehead atoms. The van der Waals surface area contributed by atoms with E-state index in [1.165, 1.54) is 39.2 Å². The van der Waals surface area contributed by atoms with Crippen molar-refractivity contribution in [3.63, 3.8) is 0 Å². The first-order valence-electron chi connectivity index (χ1n) is 9.42. The topological polar surface area (TPSA) is 30.9 Å².